The van der Waals surface area contributed by atoms with Crippen LogP contribution in [-0.2, 0) is 6.54 Å². The van der Waals surface area contributed by atoms with Gasteiger partial charge in [0.1, 0.15) is 5.82 Å². The Labute approximate surface area is 97.6 Å². The van der Waals surface area contributed by atoms with Crippen LogP contribution >= 0.6 is 15.9 Å². The third-order valence-corrected chi connectivity index (χ3v) is 2.66. The fourth-order valence-corrected chi connectivity index (χ4v) is 1.62. The molecule has 1 aromatic carbocycles. The molecule has 84 valence electrons. The first-order chi connectivity index (χ1) is 7.09. The molecule has 0 aromatic heterocycles. The molecule has 0 heterocycles. The molecule has 0 saturated carbocycles. The summed E-state index contributed by atoms with van der Waals surface area (Å²) in [5.41, 5.74) is 1.02. The highest BCUT2D eigenvalue weighted by atomic mass is 79.9. The first-order valence-electron chi connectivity index (χ1n) is 4.92. The summed E-state index contributed by atoms with van der Waals surface area (Å²) in [4.78, 5) is 0. The molecule has 0 fully saturated rings. The van der Waals surface area contributed by atoms with E-state index in [-0.39, 0.29) is 11.9 Å². The van der Waals surface area contributed by atoms with E-state index in [1.54, 1.807) is 19.1 Å². The molecular formula is C11H15BrFNO. The Kier molecular flexibility index (Phi) is 5.22. The van der Waals surface area contributed by atoms with Crippen LogP contribution in [0.4, 0.5) is 4.39 Å². The summed E-state index contributed by atoms with van der Waals surface area (Å²) in [6.07, 6.45) is 0.444. The number of nitrogens with one attached hydrogen (secondary N) is 1. The van der Waals surface area contributed by atoms with E-state index >= 15 is 0 Å². The smallest absolute Gasteiger partial charge is 0.137 e. The van der Waals surface area contributed by atoms with Crippen molar-refractivity contribution in [3.8, 4) is 0 Å². The van der Waals surface area contributed by atoms with Gasteiger partial charge in [-0.2, -0.15) is 0 Å². The molecule has 1 rings (SSSR count). The third kappa shape index (κ3) is 4.73. The molecule has 0 unspecified atom stereocenters. The van der Waals surface area contributed by atoms with Crippen LogP contribution in [0.3, 0.4) is 0 Å². The van der Waals surface area contributed by atoms with Crippen molar-refractivity contribution in [1.82, 2.24) is 5.32 Å². The third-order valence-electron chi connectivity index (χ3n) is 2.05. The van der Waals surface area contributed by atoms with Crippen LogP contribution in [0.1, 0.15) is 18.9 Å². The number of benzene rings is 1. The van der Waals surface area contributed by atoms with Crippen LogP contribution in [0, 0.1) is 5.82 Å². The average molecular weight is 276 g/mol. The minimum absolute atomic E-state index is 0.247. The molecular weight excluding hydrogens is 261 g/mol. The summed E-state index contributed by atoms with van der Waals surface area (Å²) in [6, 6.07) is 4.94. The number of hydrogen-bond acceptors (Lipinski definition) is 2. The highest BCUT2D eigenvalue weighted by molar-refractivity contribution is 9.10. The Morgan fingerprint density at radius 3 is 2.87 bits per heavy atom. The SMILES string of the molecule is C[C@@H](O)CCNCc1ccc(F)c(Br)c1. The summed E-state index contributed by atoms with van der Waals surface area (Å²) in [7, 11) is 0. The Balaban J connectivity index is 2.35. The second-order valence-corrected chi connectivity index (χ2v) is 4.42. The van der Waals surface area contributed by atoms with Crippen molar-refractivity contribution in [2.75, 3.05) is 6.54 Å². The van der Waals surface area contributed by atoms with Gasteiger partial charge in [-0.3, -0.25) is 0 Å². The van der Waals surface area contributed by atoms with Crippen molar-refractivity contribution < 1.29 is 9.50 Å². The van der Waals surface area contributed by atoms with Crippen LogP contribution in [0.2, 0.25) is 0 Å². The van der Waals surface area contributed by atoms with Gasteiger partial charge < -0.3 is 10.4 Å². The Morgan fingerprint density at radius 2 is 2.27 bits per heavy atom. The van der Waals surface area contributed by atoms with Crippen molar-refractivity contribution in [3.63, 3.8) is 0 Å². The molecule has 2 nitrogen and oxygen atoms in total. The Bertz CT molecular complexity index is 317. The highest BCUT2D eigenvalue weighted by Gasteiger charge is 2.00. The molecule has 0 amide bonds. The van der Waals surface area contributed by atoms with Gasteiger partial charge in [-0.1, -0.05) is 6.07 Å². The number of rotatable bonds is 5. The van der Waals surface area contributed by atoms with E-state index in [1.807, 2.05) is 0 Å². The van der Waals surface area contributed by atoms with Gasteiger partial charge in [0.2, 0.25) is 0 Å². The van der Waals surface area contributed by atoms with E-state index in [2.05, 4.69) is 21.2 Å². The van der Waals surface area contributed by atoms with Gasteiger partial charge in [0.15, 0.2) is 0 Å². The maximum Gasteiger partial charge on any atom is 0.137 e. The topological polar surface area (TPSA) is 32.3 Å². The second-order valence-electron chi connectivity index (χ2n) is 3.56. The molecule has 15 heavy (non-hydrogen) atoms. The first kappa shape index (κ1) is 12.6. The standard InChI is InChI=1S/C11H15BrFNO/c1-8(15)4-5-14-7-9-2-3-11(13)10(12)6-9/h2-3,6,8,14-15H,4-5,7H2,1H3/t8-/m1/s1. The highest BCUT2D eigenvalue weighted by Crippen LogP contribution is 2.16. The lowest BCUT2D eigenvalue weighted by Crippen LogP contribution is -2.18. The number of halogens is 2. The number of hydrogen-bond donors (Lipinski definition) is 2. The van der Waals surface area contributed by atoms with Crippen LogP contribution in [0.15, 0.2) is 22.7 Å². The lowest BCUT2D eigenvalue weighted by Gasteiger charge is -2.07. The van der Waals surface area contributed by atoms with E-state index < -0.39 is 0 Å². The maximum atomic E-state index is 12.9. The van der Waals surface area contributed by atoms with Gasteiger partial charge >= 0.3 is 0 Å². The second kappa shape index (κ2) is 6.20. The van der Waals surface area contributed by atoms with Crippen LogP contribution in [0.5, 0.6) is 0 Å². The van der Waals surface area contributed by atoms with E-state index in [4.69, 9.17) is 5.11 Å². The molecule has 1 aromatic rings. The number of aliphatic hydroxyl groups excluding tert-OH is 1. The monoisotopic (exact) mass is 275 g/mol. The summed E-state index contributed by atoms with van der Waals surface area (Å²) >= 11 is 3.14. The molecule has 0 aliphatic rings. The van der Waals surface area contributed by atoms with E-state index in [0.29, 0.717) is 11.0 Å². The van der Waals surface area contributed by atoms with Gasteiger partial charge in [0, 0.05) is 6.54 Å². The van der Waals surface area contributed by atoms with Crippen LogP contribution < -0.4 is 5.32 Å². The van der Waals surface area contributed by atoms with Crippen molar-refractivity contribution in [1.29, 1.82) is 0 Å². The van der Waals surface area contributed by atoms with E-state index in [0.717, 1.165) is 18.5 Å². The molecule has 2 N–H and O–H groups in total. The molecule has 0 aliphatic heterocycles. The quantitative estimate of drug-likeness (QED) is 0.810. The predicted molar refractivity (Wildman–Crippen MR) is 62.1 cm³/mol. The van der Waals surface area contributed by atoms with Gasteiger partial charge in [0.05, 0.1) is 10.6 Å². The molecule has 4 heteroatoms. The van der Waals surface area contributed by atoms with Gasteiger partial charge in [0.25, 0.3) is 0 Å². The van der Waals surface area contributed by atoms with Crippen molar-refractivity contribution >= 4 is 15.9 Å². The predicted octanol–water partition coefficient (Wildman–Crippen LogP) is 2.45. The number of aliphatic hydroxyl groups is 1. The lowest BCUT2D eigenvalue weighted by atomic mass is 10.2. The van der Waals surface area contributed by atoms with Crippen LogP contribution in [-0.4, -0.2) is 17.8 Å². The molecule has 0 saturated heterocycles. The van der Waals surface area contributed by atoms with Crippen molar-refractivity contribution in [2.24, 2.45) is 0 Å². The molecule has 1 atom stereocenters. The zero-order valence-electron chi connectivity index (χ0n) is 8.63. The Hall–Kier alpha value is -0.450. The van der Waals surface area contributed by atoms with Crippen molar-refractivity contribution in [2.45, 2.75) is 26.0 Å². The van der Waals surface area contributed by atoms with E-state index in [9.17, 15) is 4.39 Å². The maximum absolute atomic E-state index is 12.9. The lowest BCUT2D eigenvalue weighted by molar-refractivity contribution is 0.183. The molecule has 0 aliphatic carbocycles. The first-order valence-corrected chi connectivity index (χ1v) is 5.71. The van der Waals surface area contributed by atoms with Gasteiger partial charge in [-0.15, -0.1) is 0 Å². The summed E-state index contributed by atoms with van der Waals surface area (Å²) in [5.74, 6) is -0.247. The summed E-state index contributed by atoms with van der Waals surface area (Å²) in [5, 5.41) is 12.2. The fourth-order valence-electron chi connectivity index (χ4n) is 1.19. The van der Waals surface area contributed by atoms with Crippen LogP contribution in [0.25, 0.3) is 0 Å². The largest absolute Gasteiger partial charge is 0.393 e. The molecule has 0 spiro atoms. The zero-order chi connectivity index (χ0) is 11.3. The molecule has 0 radical (unpaired) electrons. The Morgan fingerprint density at radius 1 is 1.53 bits per heavy atom. The van der Waals surface area contributed by atoms with Gasteiger partial charge in [-0.25, -0.2) is 4.39 Å². The summed E-state index contributed by atoms with van der Waals surface area (Å²) < 4.78 is 13.4. The van der Waals surface area contributed by atoms with Gasteiger partial charge in [-0.05, 0) is 53.5 Å². The normalized spacial score (nSPS) is 12.8. The average Bonchev–Trinajstić information content (AvgIpc) is 2.18. The minimum atomic E-state index is -0.280. The minimum Gasteiger partial charge on any atom is -0.393 e. The summed E-state index contributed by atoms with van der Waals surface area (Å²) in [6.45, 7) is 3.20. The fraction of sp³-hybridized carbons (Fsp3) is 0.455. The van der Waals surface area contributed by atoms with E-state index in [1.165, 1.54) is 6.07 Å². The van der Waals surface area contributed by atoms with Crippen molar-refractivity contribution in [3.05, 3.63) is 34.1 Å². The molecule has 0 bridgehead atoms. The zero-order valence-corrected chi connectivity index (χ0v) is 10.2.